The van der Waals surface area contributed by atoms with Crippen LogP contribution in [0.3, 0.4) is 0 Å². The van der Waals surface area contributed by atoms with E-state index in [1.54, 1.807) is 15.8 Å². The lowest BCUT2D eigenvalue weighted by molar-refractivity contribution is -0.121. The molecule has 2 aromatic carbocycles. The molecule has 4 aromatic rings. The van der Waals surface area contributed by atoms with Crippen LogP contribution in [0.25, 0.3) is 16.7 Å². The van der Waals surface area contributed by atoms with Crippen LogP contribution in [-0.4, -0.2) is 56.9 Å². The smallest absolute Gasteiger partial charge is 0.278 e. The molecule has 2 aromatic heterocycles. The lowest BCUT2D eigenvalue weighted by Gasteiger charge is -2.41. The number of likely N-dealkylation sites (N-methyl/N-ethyl adjacent to an activating group) is 1. The van der Waals surface area contributed by atoms with E-state index in [-0.39, 0.29) is 23.6 Å². The number of rotatable bonds is 2. The fourth-order valence-electron chi connectivity index (χ4n) is 5.92. The molecule has 2 bridgehead atoms. The normalized spacial score (nSPS) is 18.9. The van der Waals surface area contributed by atoms with E-state index in [0.717, 1.165) is 18.7 Å². The van der Waals surface area contributed by atoms with Gasteiger partial charge in [0.1, 0.15) is 11.1 Å². The highest BCUT2D eigenvalue weighted by Gasteiger charge is 2.32. The zero-order valence-electron chi connectivity index (χ0n) is 22.8. The van der Waals surface area contributed by atoms with E-state index < -0.39 is 0 Å². The van der Waals surface area contributed by atoms with Crippen molar-refractivity contribution in [2.24, 2.45) is 0 Å². The Morgan fingerprint density at radius 1 is 1.05 bits per heavy atom. The van der Waals surface area contributed by atoms with Crippen molar-refractivity contribution in [3.8, 4) is 11.4 Å². The summed E-state index contributed by atoms with van der Waals surface area (Å²) in [5.41, 5.74) is 5.16. The summed E-state index contributed by atoms with van der Waals surface area (Å²) >= 11 is 0. The standard InChI is InChI=1S/C30H31N7O3/c1-30(2)23-15-20(8-7-19(23)11-14-34(30)3)32-29-31-17-22-27(33-29)37-21-9-10-25-24(16-21)35(26(38)18-40-25)12-5-4-6-13-36(37)28(22)39/h4,6-10,15-17H,5,11-14,18H2,1-3H3,(H,31,32,33)/b6-4+. The molecule has 0 unspecified atom stereocenters. The lowest BCUT2D eigenvalue weighted by atomic mass is 9.83. The van der Waals surface area contributed by atoms with Crippen molar-refractivity contribution in [2.45, 2.75) is 38.8 Å². The quantitative estimate of drug-likeness (QED) is 0.389. The summed E-state index contributed by atoms with van der Waals surface area (Å²) in [6.45, 7) is 6.43. The summed E-state index contributed by atoms with van der Waals surface area (Å²) in [6, 6.07) is 12.0. The van der Waals surface area contributed by atoms with Crippen LogP contribution in [0.4, 0.5) is 17.3 Å². The number of amides is 1. The first kappa shape index (κ1) is 24.6. The van der Waals surface area contributed by atoms with Gasteiger partial charge in [0, 0.05) is 30.5 Å². The number of carbonyl (C=O) groups is 1. The van der Waals surface area contributed by atoms with Crippen LogP contribution < -0.4 is 20.5 Å². The minimum absolute atomic E-state index is 0.0195. The van der Waals surface area contributed by atoms with Crippen molar-refractivity contribution in [1.29, 1.82) is 0 Å². The van der Waals surface area contributed by atoms with Crippen molar-refractivity contribution < 1.29 is 9.53 Å². The van der Waals surface area contributed by atoms with Crippen LogP contribution in [0.2, 0.25) is 0 Å². The molecule has 0 fully saturated rings. The first-order valence-electron chi connectivity index (χ1n) is 13.6. The highest BCUT2D eigenvalue weighted by Crippen LogP contribution is 2.37. The summed E-state index contributed by atoms with van der Waals surface area (Å²) in [5.74, 6) is 0.966. The van der Waals surface area contributed by atoms with E-state index in [9.17, 15) is 9.59 Å². The maximum absolute atomic E-state index is 13.5. The SMILES string of the molecule is CN1CCc2ccc(Nc3ncc4c(=O)n5n(c4n3)-c3ccc4c(c3)N(CC/C=C/C5)C(=O)CO4)cc2C1(C)C. The Bertz CT molecular complexity index is 1770. The Morgan fingerprint density at radius 2 is 1.93 bits per heavy atom. The summed E-state index contributed by atoms with van der Waals surface area (Å²) in [5, 5.41) is 3.79. The summed E-state index contributed by atoms with van der Waals surface area (Å²) in [6.07, 6.45) is 7.23. The molecule has 204 valence electrons. The number of ether oxygens (including phenoxy) is 1. The van der Waals surface area contributed by atoms with E-state index in [1.165, 1.54) is 11.1 Å². The molecule has 40 heavy (non-hydrogen) atoms. The Hall–Kier alpha value is -4.44. The molecule has 0 aliphatic carbocycles. The number of aromatic nitrogens is 4. The fourth-order valence-corrected chi connectivity index (χ4v) is 5.92. The van der Waals surface area contributed by atoms with Crippen molar-refractivity contribution in [3.63, 3.8) is 0 Å². The maximum atomic E-state index is 13.5. The average Bonchev–Trinajstić information content (AvgIpc) is 3.20. The molecule has 0 atom stereocenters. The molecule has 10 heteroatoms. The number of carbonyl (C=O) groups excluding carboxylic acids is 1. The van der Waals surface area contributed by atoms with Gasteiger partial charge in [-0.2, -0.15) is 4.98 Å². The molecule has 0 spiro atoms. The number of benzene rings is 2. The number of hydrogen-bond acceptors (Lipinski definition) is 7. The van der Waals surface area contributed by atoms with E-state index >= 15 is 0 Å². The van der Waals surface area contributed by atoms with Crippen molar-refractivity contribution in [2.75, 3.05) is 37.0 Å². The van der Waals surface area contributed by atoms with E-state index in [2.05, 4.69) is 54.3 Å². The van der Waals surface area contributed by atoms with Gasteiger partial charge in [-0.3, -0.25) is 14.5 Å². The third kappa shape index (κ3) is 3.82. The predicted molar refractivity (Wildman–Crippen MR) is 154 cm³/mol. The molecule has 0 saturated carbocycles. The Labute approximate surface area is 231 Å². The third-order valence-corrected chi connectivity index (χ3v) is 8.47. The zero-order valence-corrected chi connectivity index (χ0v) is 22.8. The predicted octanol–water partition coefficient (Wildman–Crippen LogP) is 3.73. The molecule has 1 amide bonds. The number of anilines is 3. The van der Waals surface area contributed by atoms with Gasteiger partial charge in [0.25, 0.3) is 11.5 Å². The van der Waals surface area contributed by atoms with Crippen LogP contribution in [-0.2, 0) is 23.3 Å². The topological polar surface area (TPSA) is 97.5 Å². The highest BCUT2D eigenvalue weighted by atomic mass is 16.5. The molecule has 7 rings (SSSR count). The number of nitrogens with one attached hydrogen (secondary N) is 1. The third-order valence-electron chi connectivity index (χ3n) is 8.47. The second-order valence-corrected chi connectivity index (χ2v) is 11.1. The van der Waals surface area contributed by atoms with Crippen LogP contribution in [0.15, 0.2) is 59.5 Å². The first-order chi connectivity index (χ1) is 19.3. The molecule has 3 aliphatic rings. The van der Waals surface area contributed by atoms with E-state index in [0.29, 0.717) is 53.6 Å². The van der Waals surface area contributed by atoms with Gasteiger partial charge >= 0.3 is 0 Å². The number of nitrogens with zero attached hydrogens (tertiary/aromatic N) is 6. The fraction of sp³-hybridized carbons (Fsp3) is 0.333. The molecule has 3 aliphatic heterocycles. The molecule has 0 radical (unpaired) electrons. The van der Waals surface area contributed by atoms with Crippen molar-refractivity contribution in [1.82, 2.24) is 24.2 Å². The van der Waals surface area contributed by atoms with Gasteiger partial charge in [0.05, 0.1) is 17.9 Å². The summed E-state index contributed by atoms with van der Waals surface area (Å²) in [4.78, 5) is 39.7. The largest absolute Gasteiger partial charge is 0.482 e. The molecular weight excluding hydrogens is 506 g/mol. The van der Waals surface area contributed by atoms with Gasteiger partial charge in [0.15, 0.2) is 12.3 Å². The first-order valence-corrected chi connectivity index (χ1v) is 13.6. The second-order valence-electron chi connectivity index (χ2n) is 11.1. The second kappa shape index (κ2) is 9.06. The zero-order chi connectivity index (χ0) is 27.6. The molecule has 0 saturated heterocycles. The Morgan fingerprint density at radius 3 is 2.80 bits per heavy atom. The molecule has 1 N–H and O–H groups in total. The van der Waals surface area contributed by atoms with Crippen LogP contribution >= 0.6 is 0 Å². The van der Waals surface area contributed by atoms with Gasteiger partial charge in [-0.25, -0.2) is 14.3 Å². The minimum atomic E-state index is -0.175. The van der Waals surface area contributed by atoms with Gasteiger partial charge in [-0.05, 0) is 75.2 Å². The Kier molecular flexibility index (Phi) is 5.57. The summed E-state index contributed by atoms with van der Waals surface area (Å²) < 4.78 is 9.16. The average molecular weight is 538 g/mol. The van der Waals surface area contributed by atoms with Gasteiger partial charge in [-0.15, -0.1) is 0 Å². The number of hydrogen-bond donors (Lipinski definition) is 1. The van der Waals surface area contributed by atoms with Crippen LogP contribution in [0.5, 0.6) is 5.75 Å². The number of fused-ring (bicyclic) bond motifs is 6. The molecular formula is C30H31N7O3. The monoisotopic (exact) mass is 537 g/mol. The summed E-state index contributed by atoms with van der Waals surface area (Å²) in [7, 11) is 2.15. The maximum Gasteiger partial charge on any atom is 0.278 e. The molecule has 10 nitrogen and oxygen atoms in total. The van der Waals surface area contributed by atoms with E-state index in [1.807, 2.05) is 35.0 Å². The number of allylic oxidation sites excluding steroid dienone is 1. The highest BCUT2D eigenvalue weighted by molar-refractivity contribution is 5.98. The van der Waals surface area contributed by atoms with E-state index in [4.69, 9.17) is 9.72 Å². The van der Waals surface area contributed by atoms with Gasteiger partial charge < -0.3 is 15.0 Å². The Balaban J connectivity index is 1.35. The van der Waals surface area contributed by atoms with Crippen molar-refractivity contribution >= 4 is 34.3 Å². The van der Waals surface area contributed by atoms with Gasteiger partial charge in [0.2, 0.25) is 5.95 Å². The minimum Gasteiger partial charge on any atom is -0.482 e. The van der Waals surface area contributed by atoms with Crippen molar-refractivity contribution in [3.05, 3.63) is 76.2 Å². The molecule has 5 heterocycles. The lowest BCUT2D eigenvalue weighted by Crippen LogP contribution is -2.43. The van der Waals surface area contributed by atoms with Crippen LogP contribution in [0.1, 0.15) is 31.4 Å². The van der Waals surface area contributed by atoms with Gasteiger partial charge in [-0.1, -0.05) is 18.2 Å². The van der Waals surface area contributed by atoms with Crippen LogP contribution in [0, 0.1) is 0 Å².